The number of aromatic nitrogens is 1. The number of carboxylic acid groups (broad SMARTS) is 1. The summed E-state index contributed by atoms with van der Waals surface area (Å²) >= 11 is 0. The third-order valence-electron chi connectivity index (χ3n) is 3.37. The van der Waals surface area contributed by atoms with Crippen molar-refractivity contribution in [3.05, 3.63) is 48.7 Å². The van der Waals surface area contributed by atoms with Gasteiger partial charge in [-0.2, -0.15) is 0 Å². The number of hydrogen-bond acceptors (Lipinski definition) is 6. The van der Waals surface area contributed by atoms with Gasteiger partial charge in [0, 0.05) is 19.4 Å². The van der Waals surface area contributed by atoms with E-state index in [0.29, 0.717) is 17.4 Å². The number of benzene rings is 1. The lowest BCUT2D eigenvalue weighted by molar-refractivity contribution is -0.149. The number of rotatable bonds is 9. The van der Waals surface area contributed by atoms with Crippen molar-refractivity contribution >= 4 is 11.9 Å². The molecule has 0 aliphatic heterocycles. The fraction of sp³-hybridized carbons (Fsp3) is 0.278. The normalized spacial score (nSPS) is 12.7. The highest BCUT2D eigenvalue weighted by atomic mass is 16.5. The van der Waals surface area contributed by atoms with E-state index in [1.54, 1.807) is 42.6 Å². The van der Waals surface area contributed by atoms with Crippen LogP contribution in [0.5, 0.6) is 17.4 Å². The first-order chi connectivity index (χ1) is 12.4. The van der Waals surface area contributed by atoms with Crippen LogP contribution in [0, 0.1) is 0 Å². The number of nitrogens with one attached hydrogen (secondary N) is 1. The smallest absolute Gasteiger partial charge is 0.331 e. The molecule has 0 spiro atoms. The molecule has 1 atom stereocenters. The summed E-state index contributed by atoms with van der Waals surface area (Å²) in [6.45, 7) is 0.876. The van der Waals surface area contributed by atoms with Crippen LogP contribution in [0.25, 0.3) is 0 Å². The Labute approximate surface area is 150 Å². The van der Waals surface area contributed by atoms with Crippen molar-refractivity contribution in [1.82, 2.24) is 10.3 Å². The minimum Gasteiger partial charge on any atom is -0.484 e. The van der Waals surface area contributed by atoms with Crippen molar-refractivity contribution in [2.75, 3.05) is 20.3 Å². The van der Waals surface area contributed by atoms with E-state index in [1.165, 1.54) is 14.0 Å². The number of carbonyl (C=O) groups excluding carboxylic acids is 1. The number of pyridine rings is 1. The van der Waals surface area contributed by atoms with E-state index in [4.69, 9.17) is 14.2 Å². The lowest BCUT2D eigenvalue weighted by atomic mass is 10.0. The Morgan fingerprint density at radius 3 is 2.42 bits per heavy atom. The number of carboxylic acids is 1. The van der Waals surface area contributed by atoms with Crippen LogP contribution in [0.4, 0.5) is 0 Å². The second kappa shape index (κ2) is 8.82. The van der Waals surface area contributed by atoms with Crippen LogP contribution in [-0.4, -0.2) is 47.8 Å². The molecular formula is C18H20N2O6. The molecule has 138 valence electrons. The molecule has 8 nitrogen and oxygen atoms in total. The second-order valence-electron chi connectivity index (χ2n) is 5.65. The standard InChI is InChI=1S/C18H20N2O6/c1-18(12-24-2,17(22)23)20-15(21)11-25-13-6-8-14(9-7-13)26-16-5-3-4-10-19-16/h3-10H,11-12H2,1-2H3,(H,20,21)(H,22,23). The van der Waals surface area contributed by atoms with Crippen LogP contribution in [0.3, 0.4) is 0 Å². The zero-order chi connectivity index (χ0) is 19.0. The maximum Gasteiger partial charge on any atom is 0.331 e. The summed E-state index contributed by atoms with van der Waals surface area (Å²) in [5.41, 5.74) is -1.52. The van der Waals surface area contributed by atoms with Crippen molar-refractivity contribution in [2.45, 2.75) is 12.5 Å². The molecule has 8 heteroatoms. The van der Waals surface area contributed by atoms with Crippen LogP contribution in [0.1, 0.15) is 6.92 Å². The molecular weight excluding hydrogens is 340 g/mol. The monoisotopic (exact) mass is 360 g/mol. The molecule has 0 saturated heterocycles. The molecule has 1 unspecified atom stereocenters. The van der Waals surface area contributed by atoms with Crippen molar-refractivity contribution < 1.29 is 28.9 Å². The van der Waals surface area contributed by atoms with E-state index >= 15 is 0 Å². The van der Waals surface area contributed by atoms with Gasteiger partial charge in [-0.3, -0.25) is 4.79 Å². The maximum absolute atomic E-state index is 11.9. The number of nitrogens with zero attached hydrogens (tertiary/aromatic N) is 1. The Hall–Kier alpha value is -3.13. The largest absolute Gasteiger partial charge is 0.484 e. The van der Waals surface area contributed by atoms with E-state index in [2.05, 4.69) is 10.3 Å². The van der Waals surface area contributed by atoms with Crippen LogP contribution < -0.4 is 14.8 Å². The van der Waals surface area contributed by atoms with Gasteiger partial charge in [0.2, 0.25) is 5.88 Å². The van der Waals surface area contributed by atoms with Crippen molar-refractivity contribution in [3.63, 3.8) is 0 Å². The Morgan fingerprint density at radius 1 is 1.15 bits per heavy atom. The average Bonchev–Trinajstić information content (AvgIpc) is 2.62. The molecule has 0 aliphatic carbocycles. The van der Waals surface area contributed by atoms with E-state index in [9.17, 15) is 14.7 Å². The highest BCUT2D eigenvalue weighted by molar-refractivity contribution is 5.87. The summed E-state index contributed by atoms with van der Waals surface area (Å²) in [5.74, 6) is -0.285. The third-order valence-corrected chi connectivity index (χ3v) is 3.37. The summed E-state index contributed by atoms with van der Waals surface area (Å²) < 4.78 is 15.8. The van der Waals surface area contributed by atoms with Gasteiger partial charge >= 0.3 is 5.97 Å². The summed E-state index contributed by atoms with van der Waals surface area (Å²) in [4.78, 5) is 27.2. The molecule has 0 saturated carbocycles. The minimum absolute atomic E-state index is 0.159. The molecule has 2 rings (SSSR count). The number of aliphatic carboxylic acids is 1. The number of carbonyl (C=O) groups is 2. The molecule has 26 heavy (non-hydrogen) atoms. The lowest BCUT2D eigenvalue weighted by Gasteiger charge is -2.25. The fourth-order valence-corrected chi connectivity index (χ4v) is 2.06. The number of ether oxygens (including phenoxy) is 3. The summed E-state index contributed by atoms with van der Waals surface area (Å²) in [6.07, 6.45) is 1.62. The van der Waals surface area contributed by atoms with Crippen LogP contribution in [0.2, 0.25) is 0 Å². The van der Waals surface area contributed by atoms with Gasteiger partial charge in [-0.25, -0.2) is 9.78 Å². The van der Waals surface area contributed by atoms with Crippen molar-refractivity contribution in [3.8, 4) is 17.4 Å². The maximum atomic E-state index is 11.9. The number of amides is 1. The van der Waals surface area contributed by atoms with Gasteiger partial charge in [-0.1, -0.05) is 6.07 Å². The predicted octanol–water partition coefficient (Wildman–Crippen LogP) is 1.86. The minimum atomic E-state index is -1.52. The third kappa shape index (κ3) is 5.45. The van der Waals surface area contributed by atoms with E-state index in [0.717, 1.165) is 0 Å². The molecule has 0 fully saturated rings. The molecule has 1 amide bonds. The topological polar surface area (TPSA) is 107 Å². The van der Waals surface area contributed by atoms with Gasteiger partial charge in [0.25, 0.3) is 5.91 Å². The van der Waals surface area contributed by atoms with Crippen molar-refractivity contribution in [1.29, 1.82) is 0 Å². The molecule has 0 bridgehead atoms. The highest BCUT2D eigenvalue weighted by Crippen LogP contribution is 2.22. The molecule has 2 aromatic rings. The predicted molar refractivity (Wildman–Crippen MR) is 92.3 cm³/mol. The summed E-state index contributed by atoms with van der Waals surface area (Å²) in [5, 5.41) is 11.6. The number of methoxy groups -OCH3 is 1. The molecule has 0 aliphatic rings. The number of hydrogen-bond donors (Lipinski definition) is 2. The molecule has 2 N–H and O–H groups in total. The second-order valence-corrected chi connectivity index (χ2v) is 5.65. The Bertz CT molecular complexity index is 735. The summed E-state index contributed by atoms with van der Waals surface area (Å²) in [6, 6.07) is 12.0. The fourth-order valence-electron chi connectivity index (χ4n) is 2.06. The zero-order valence-electron chi connectivity index (χ0n) is 14.5. The SMILES string of the molecule is COCC(C)(NC(=O)COc1ccc(Oc2ccccn2)cc1)C(=O)O. The average molecular weight is 360 g/mol. The van der Waals surface area contributed by atoms with Crippen LogP contribution in [-0.2, 0) is 14.3 Å². The van der Waals surface area contributed by atoms with E-state index in [-0.39, 0.29) is 13.2 Å². The van der Waals surface area contributed by atoms with Crippen molar-refractivity contribution in [2.24, 2.45) is 0 Å². The first kappa shape index (κ1) is 19.2. The van der Waals surface area contributed by atoms with Crippen LogP contribution in [0.15, 0.2) is 48.7 Å². The molecule has 1 heterocycles. The van der Waals surface area contributed by atoms with Gasteiger partial charge in [-0.05, 0) is 37.3 Å². The Kier molecular flexibility index (Phi) is 6.51. The van der Waals surface area contributed by atoms with Gasteiger partial charge in [0.1, 0.15) is 11.5 Å². The lowest BCUT2D eigenvalue weighted by Crippen LogP contribution is -2.56. The highest BCUT2D eigenvalue weighted by Gasteiger charge is 2.35. The van der Waals surface area contributed by atoms with Crippen LogP contribution >= 0.6 is 0 Å². The molecule has 0 radical (unpaired) electrons. The molecule has 1 aromatic heterocycles. The van der Waals surface area contributed by atoms with Gasteiger partial charge < -0.3 is 24.6 Å². The Balaban J connectivity index is 1.87. The zero-order valence-corrected chi connectivity index (χ0v) is 14.5. The van der Waals surface area contributed by atoms with E-state index < -0.39 is 17.4 Å². The van der Waals surface area contributed by atoms with E-state index in [1.807, 2.05) is 6.07 Å². The Morgan fingerprint density at radius 2 is 1.85 bits per heavy atom. The van der Waals surface area contributed by atoms with Gasteiger partial charge in [0.05, 0.1) is 6.61 Å². The quantitative estimate of drug-likeness (QED) is 0.703. The van der Waals surface area contributed by atoms with Gasteiger partial charge in [0.15, 0.2) is 12.1 Å². The van der Waals surface area contributed by atoms with Gasteiger partial charge in [-0.15, -0.1) is 0 Å². The first-order valence-corrected chi connectivity index (χ1v) is 7.78. The molecule has 1 aromatic carbocycles. The summed E-state index contributed by atoms with van der Waals surface area (Å²) in [7, 11) is 1.36. The first-order valence-electron chi connectivity index (χ1n) is 7.78.